The van der Waals surface area contributed by atoms with Crippen molar-refractivity contribution in [1.29, 1.82) is 0 Å². The number of amides is 2. The van der Waals surface area contributed by atoms with Crippen LogP contribution >= 0.6 is 0 Å². The van der Waals surface area contributed by atoms with Crippen LogP contribution in [0.25, 0.3) is 0 Å². The Balaban J connectivity index is 1.54. The maximum atomic E-state index is 11.8. The summed E-state index contributed by atoms with van der Waals surface area (Å²) < 4.78 is 6.09. The van der Waals surface area contributed by atoms with E-state index in [-0.39, 0.29) is 17.7 Å². The number of nitrogens with one attached hydrogen (secondary N) is 1. The zero-order valence-electron chi connectivity index (χ0n) is 14.8. The minimum Gasteiger partial charge on any atom is -0.373 e. The van der Waals surface area contributed by atoms with E-state index in [2.05, 4.69) is 27.1 Å². The van der Waals surface area contributed by atoms with Gasteiger partial charge in [0.1, 0.15) is 0 Å². The Labute approximate surface area is 143 Å². The van der Waals surface area contributed by atoms with Gasteiger partial charge in [-0.25, -0.2) is 14.8 Å². The average Bonchev–Trinajstić information content (AvgIpc) is 2.98. The van der Waals surface area contributed by atoms with Crippen molar-refractivity contribution < 1.29 is 9.53 Å². The van der Waals surface area contributed by atoms with Gasteiger partial charge in [0, 0.05) is 39.6 Å². The second-order valence-corrected chi connectivity index (χ2v) is 6.97. The van der Waals surface area contributed by atoms with Crippen LogP contribution < -0.4 is 10.2 Å². The van der Waals surface area contributed by atoms with Crippen LogP contribution in [0.4, 0.5) is 10.7 Å². The van der Waals surface area contributed by atoms with E-state index in [1.54, 1.807) is 19.0 Å². The molecule has 0 bridgehead atoms. The van der Waals surface area contributed by atoms with Gasteiger partial charge in [-0.1, -0.05) is 6.92 Å². The maximum Gasteiger partial charge on any atom is 0.317 e. The van der Waals surface area contributed by atoms with E-state index < -0.39 is 0 Å². The molecule has 2 aliphatic heterocycles. The molecule has 1 aromatic heterocycles. The summed E-state index contributed by atoms with van der Waals surface area (Å²) in [7, 11) is 3.51. The Morgan fingerprint density at radius 1 is 1.38 bits per heavy atom. The van der Waals surface area contributed by atoms with Crippen molar-refractivity contribution in [3.8, 4) is 0 Å². The van der Waals surface area contributed by atoms with Crippen LogP contribution in [-0.4, -0.2) is 66.3 Å². The standard InChI is InChI=1S/C17H27N5O2/c1-4-13-10-18-15(19-11-13)22-7-5-17(6-8-22)9-14(12-24-17)20-16(23)21(2)3/h10-11,14H,4-9,12H2,1-3H3,(H,20,23)/t14-/m0/s1. The average molecular weight is 333 g/mol. The highest BCUT2D eigenvalue weighted by Crippen LogP contribution is 2.36. The fourth-order valence-electron chi connectivity index (χ4n) is 3.40. The lowest BCUT2D eigenvalue weighted by Crippen LogP contribution is -2.46. The van der Waals surface area contributed by atoms with Gasteiger partial charge in [-0.3, -0.25) is 0 Å². The highest BCUT2D eigenvalue weighted by Gasteiger charge is 2.43. The molecular weight excluding hydrogens is 306 g/mol. The summed E-state index contributed by atoms with van der Waals surface area (Å²) in [5.41, 5.74) is 1.05. The molecule has 132 valence electrons. The summed E-state index contributed by atoms with van der Waals surface area (Å²) in [6.07, 6.45) is 7.55. The third kappa shape index (κ3) is 3.61. The molecule has 0 unspecified atom stereocenters. The number of urea groups is 1. The van der Waals surface area contributed by atoms with E-state index in [9.17, 15) is 4.79 Å². The highest BCUT2D eigenvalue weighted by atomic mass is 16.5. The summed E-state index contributed by atoms with van der Waals surface area (Å²) in [5.74, 6) is 0.803. The largest absolute Gasteiger partial charge is 0.373 e. The molecule has 2 saturated heterocycles. The zero-order chi connectivity index (χ0) is 17.2. The molecule has 7 nitrogen and oxygen atoms in total. The first-order valence-corrected chi connectivity index (χ1v) is 8.69. The number of aromatic nitrogens is 2. The first-order chi connectivity index (χ1) is 11.5. The summed E-state index contributed by atoms with van der Waals surface area (Å²) in [4.78, 5) is 24.5. The molecule has 2 aliphatic rings. The number of rotatable bonds is 3. The number of ether oxygens (including phenoxy) is 1. The molecule has 1 spiro atoms. The minimum absolute atomic E-state index is 0.0532. The molecule has 3 rings (SSSR count). The molecule has 0 aliphatic carbocycles. The molecule has 0 radical (unpaired) electrons. The van der Waals surface area contributed by atoms with Gasteiger partial charge in [-0.15, -0.1) is 0 Å². The van der Waals surface area contributed by atoms with Crippen LogP contribution in [-0.2, 0) is 11.2 Å². The third-order valence-electron chi connectivity index (χ3n) is 5.00. The number of hydrogen-bond acceptors (Lipinski definition) is 5. The van der Waals surface area contributed by atoms with Crippen molar-refractivity contribution in [3.05, 3.63) is 18.0 Å². The van der Waals surface area contributed by atoms with E-state index in [4.69, 9.17) is 4.74 Å². The van der Waals surface area contributed by atoms with Crippen LogP contribution in [0.2, 0.25) is 0 Å². The Morgan fingerprint density at radius 3 is 2.62 bits per heavy atom. The minimum atomic E-state index is -0.107. The Bertz CT molecular complexity index is 567. The second kappa shape index (κ2) is 6.93. The fraction of sp³-hybridized carbons (Fsp3) is 0.706. The quantitative estimate of drug-likeness (QED) is 0.906. The van der Waals surface area contributed by atoms with E-state index in [0.717, 1.165) is 50.3 Å². The number of aryl methyl sites for hydroxylation is 1. The summed E-state index contributed by atoms with van der Waals surface area (Å²) in [6.45, 7) is 4.48. The summed E-state index contributed by atoms with van der Waals surface area (Å²) in [6, 6.07) is 0.0500. The number of carbonyl (C=O) groups is 1. The lowest BCUT2D eigenvalue weighted by Gasteiger charge is -2.38. The SMILES string of the molecule is CCc1cnc(N2CCC3(CC2)C[C@H](NC(=O)N(C)C)CO3)nc1. The molecule has 1 N–H and O–H groups in total. The second-order valence-electron chi connectivity index (χ2n) is 6.97. The Morgan fingerprint density at radius 2 is 2.04 bits per heavy atom. The molecule has 1 atom stereocenters. The molecule has 0 aromatic carbocycles. The van der Waals surface area contributed by atoms with Crippen molar-refractivity contribution in [2.75, 3.05) is 38.7 Å². The highest BCUT2D eigenvalue weighted by molar-refractivity contribution is 5.73. The van der Waals surface area contributed by atoms with Crippen molar-refractivity contribution in [2.45, 2.75) is 44.2 Å². The fourth-order valence-corrected chi connectivity index (χ4v) is 3.40. The monoisotopic (exact) mass is 333 g/mol. The van der Waals surface area contributed by atoms with Gasteiger partial charge < -0.3 is 19.9 Å². The summed E-state index contributed by atoms with van der Waals surface area (Å²) in [5, 5.41) is 3.03. The van der Waals surface area contributed by atoms with Crippen molar-refractivity contribution >= 4 is 12.0 Å². The number of hydrogen-bond donors (Lipinski definition) is 1. The maximum absolute atomic E-state index is 11.8. The van der Waals surface area contributed by atoms with Crippen molar-refractivity contribution in [2.24, 2.45) is 0 Å². The van der Waals surface area contributed by atoms with Crippen LogP contribution in [0.5, 0.6) is 0 Å². The normalized spacial score (nSPS) is 22.6. The van der Waals surface area contributed by atoms with Crippen molar-refractivity contribution in [1.82, 2.24) is 20.2 Å². The van der Waals surface area contributed by atoms with E-state index >= 15 is 0 Å². The molecule has 1 aromatic rings. The predicted molar refractivity (Wildman–Crippen MR) is 92.2 cm³/mol. The lowest BCUT2D eigenvalue weighted by atomic mass is 9.87. The van der Waals surface area contributed by atoms with E-state index in [0.29, 0.717) is 6.61 Å². The van der Waals surface area contributed by atoms with Gasteiger partial charge in [0.25, 0.3) is 0 Å². The van der Waals surface area contributed by atoms with Gasteiger partial charge in [0.05, 0.1) is 18.2 Å². The summed E-state index contributed by atoms with van der Waals surface area (Å²) >= 11 is 0. The van der Waals surface area contributed by atoms with Gasteiger partial charge >= 0.3 is 6.03 Å². The van der Waals surface area contributed by atoms with Crippen LogP contribution in [0.1, 0.15) is 31.7 Å². The Kier molecular flexibility index (Phi) is 4.89. The third-order valence-corrected chi connectivity index (χ3v) is 5.00. The molecule has 0 saturated carbocycles. The number of piperidine rings is 1. The van der Waals surface area contributed by atoms with Crippen LogP contribution in [0.15, 0.2) is 12.4 Å². The lowest BCUT2D eigenvalue weighted by molar-refractivity contribution is -0.0151. The van der Waals surface area contributed by atoms with Gasteiger partial charge in [0.2, 0.25) is 5.95 Å². The van der Waals surface area contributed by atoms with Crippen LogP contribution in [0, 0.1) is 0 Å². The molecule has 7 heteroatoms. The number of nitrogens with zero attached hydrogens (tertiary/aromatic N) is 4. The molecule has 24 heavy (non-hydrogen) atoms. The smallest absolute Gasteiger partial charge is 0.317 e. The number of anilines is 1. The molecule has 3 heterocycles. The zero-order valence-corrected chi connectivity index (χ0v) is 14.8. The topological polar surface area (TPSA) is 70.6 Å². The molecular formula is C17H27N5O2. The van der Waals surface area contributed by atoms with Crippen LogP contribution in [0.3, 0.4) is 0 Å². The van der Waals surface area contributed by atoms with E-state index in [1.165, 1.54) is 0 Å². The molecule has 2 fully saturated rings. The van der Waals surface area contributed by atoms with Gasteiger partial charge in [-0.2, -0.15) is 0 Å². The Hall–Kier alpha value is -1.89. The first-order valence-electron chi connectivity index (χ1n) is 8.69. The van der Waals surface area contributed by atoms with E-state index in [1.807, 2.05) is 12.4 Å². The van der Waals surface area contributed by atoms with Gasteiger partial charge in [-0.05, 0) is 31.2 Å². The first kappa shape index (κ1) is 17.0. The number of carbonyl (C=O) groups excluding carboxylic acids is 1. The molecule has 2 amide bonds. The van der Waals surface area contributed by atoms with Crippen molar-refractivity contribution in [3.63, 3.8) is 0 Å². The van der Waals surface area contributed by atoms with Gasteiger partial charge in [0.15, 0.2) is 0 Å². The predicted octanol–water partition coefficient (Wildman–Crippen LogP) is 1.44.